The van der Waals surface area contributed by atoms with Crippen LogP contribution < -0.4 is 0 Å². The molecular weight excluding hydrogens is 149 g/mol. The average molecular weight is 157 g/mol. The highest BCUT2D eigenvalue weighted by Gasteiger charge is 1.98. The van der Waals surface area contributed by atoms with E-state index in [1.54, 1.807) is 12.1 Å². The largest absolute Gasteiger partial charge is 0.228 e. The molecule has 0 N–H and O–H groups in total. The Morgan fingerprint density at radius 3 is 3.00 bits per heavy atom. The zero-order chi connectivity index (χ0) is 7.40. The van der Waals surface area contributed by atoms with E-state index in [0.29, 0.717) is 17.7 Å². The molecule has 1 heterocycles. The first kappa shape index (κ1) is 7.54. The molecule has 0 bridgehead atoms. The zero-order valence-electron chi connectivity index (χ0n) is 5.42. The van der Waals surface area contributed by atoms with Crippen LogP contribution in [0.25, 0.3) is 0 Å². The van der Waals surface area contributed by atoms with Gasteiger partial charge in [-0.1, -0.05) is 6.07 Å². The van der Waals surface area contributed by atoms with Gasteiger partial charge < -0.3 is 0 Å². The van der Waals surface area contributed by atoms with E-state index in [-0.39, 0.29) is 5.95 Å². The van der Waals surface area contributed by atoms with Gasteiger partial charge >= 0.3 is 0 Å². The van der Waals surface area contributed by atoms with Gasteiger partial charge in [0.1, 0.15) is 0 Å². The molecule has 1 rings (SSSR count). The number of rotatable bonds is 2. The Hall–Kier alpha value is -0.570. The van der Waals surface area contributed by atoms with E-state index in [9.17, 15) is 4.39 Å². The molecule has 0 aliphatic carbocycles. The molecule has 0 spiro atoms. The van der Waals surface area contributed by atoms with Crippen molar-refractivity contribution in [1.82, 2.24) is 4.98 Å². The molecule has 54 valence electrons. The van der Waals surface area contributed by atoms with Crippen LogP contribution in [-0.2, 0) is 6.42 Å². The van der Waals surface area contributed by atoms with Crippen molar-refractivity contribution in [2.24, 2.45) is 0 Å². The number of aryl methyl sites for hydroxylation is 1. The quantitative estimate of drug-likeness (QED) is 0.509. The van der Waals surface area contributed by atoms with E-state index < -0.39 is 0 Å². The Balaban J connectivity index is 2.81. The molecule has 0 saturated heterocycles. The summed E-state index contributed by atoms with van der Waals surface area (Å²) >= 11 is 3.98. The third-order valence-electron chi connectivity index (χ3n) is 1.22. The first-order chi connectivity index (χ1) is 4.84. The van der Waals surface area contributed by atoms with Crippen molar-refractivity contribution in [3.05, 3.63) is 29.8 Å². The van der Waals surface area contributed by atoms with Crippen LogP contribution >= 0.6 is 12.6 Å². The zero-order valence-corrected chi connectivity index (χ0v) is 6.31. The lowest BCUT2D eigenvalue weighted by Crippen LogP contribution is -1.93. The summed E-state index contributed by atoms with van der Waals surface area (Å²) in [6, 6.07) is 3.44. The summed E-state index contributed by atoms with van der Waals surface area (Å²) in [4.78, 5) is 3.50. The number of thiol groups is 1. The number of hydrogen-bond donors (Lipinski definition) is 1. The molecule has 1 aromatic heterocycles. The lowest BCUT2D eigenvalue weighted by Gasteiger charge is -1.96. The Kier molecular flexibility index (Phi) is 2.68. The van der Waals surface area contributed by atoms with Crippen molar-refractivity contribution in [2.75, 3.05) is 5.75 Å². The SMILES string of the molecule is Fc1ncccc1CCS. The van der Waals surface area contributed by atoms with E-state index in [0.717, 1.165) is 0 Å². The third kappa shape index (κ3) is 1.70. The van der Waals surface area contributed by atoms with Gasteiger partial charge in [0, 0.05) is 11.8 Å². The van der Waals surface area contributed by atoms with Gasteiger partial charge in [-0.2, -0.15) is 17.0 Å². The molecule has 3 heteroatoms. The van der Waals surface area contributed by atoms with Crippen LogP contribution in [0.4, 0.5) is 4.39 Å². The molecule has 0 radical (unpaired) electrons. The highest BCUT2D eigenvalue weighted by Crippen LogP contribution is 2.03. The Morgan fingerprint density at radius 2 is 2.40 bits per heavy atom. The molecule has 1 aromatic rings. The van der Waals surface area contributed by atoms with Gasteiger partial charge in [0.25, 0.3) is 0 Å². The maximum Gasteiger partial charge on any atom is 0.216 e. The van der Waals surface area contributed by atoms with Crippen molar-refractivity contribution in [3.63, 3.8) is 0 Å². The van der Waals surface area contributed by atoms with Crippen molar-refractivity contribution < 1.29 is 4.39 Å². The topological polar surface area (TPSA) is 12.9 Å². The molecule has 0 fully saturated rings. The highest BCUT2D eigenvalue weighted by atomic mass is 32.1. The van der Waals surface area contributed by atoms with Crippen LogP contribution in [-0.4, -0.2) is 10.7 Å². The molecule has 0 aromatic carbocycles. The van der Waals surface area contributed by atoms with Crippen LogP contribution in [0.3, 0.4) is 0 Å². The van der Waals surface area contributed by atoms with Crippen LogP contribution in [0.15, 0.2) is 18.3 Å². The fourth-order valence-electron chi connectivity index (χ4n) is 0.726. The summed E-state index contributed by atoms with van der Waals surface area (Å²) < 4.78 is 12.6. The van der Waals surface area contributed by atoms with Gasteiger partial charge in [-0.15, -0.1) is 0 Å². The summed E-state index contributed by atoms with van der Waals surface area (Å²) in [5.41, 5.74) is 0.637. The minimum absolute atomic E-state index is 0.378. The lowest BCUT2D eigenvalue weighted by atomic mass is 10.2. The lowest BCUT2D eigenvalue weighted by molar-refractivity contribution is 0.569. The fraction of sp³-hybridized carbons (Fsp3) is 0.286. The van der Waals surface area contributed by atoms with E-state index in [4.69, 9.17) is 0 Å². The van der Waals surface area contributed by atoms with E-state index in [1.807, 2.05) is 0 Å². The number of halogens is 1. The van der Waals surface area contributed by atoms with Crippen molar-refractivity contribution >= 4 is 12.6 Å². The first-order valence-electron chi connectivity index (χ1n) is 3.05. The van der Waals surface area contributed by atoms with Gasteiger partial charge in [0.15, 0.2) is 0 Å². The van der Waals surface area contributed by atoms with E-state index in [1.165, 1.54) is 6.20 Å². The van der Waals surface area contributed by atoms with Gasteiger partial charge in [-0.05, 0) is 18.2 Å². The predicted octanol–water partition coefficient (Wildman–Crippen LogP) is 1.69. The molecule has 10 heavy (non-hydrogen) atoms. The summed E-state index contributed by atoms with van der Waals surface area (Å²) in [5.74, 6) is 0.277. The number of pyridine rings is 1. The van der Waals surface area contributed by atoms with Crippen LogP contribution in [0.2, 0.25) is 0 Å². The second-order valence-corrected chi connectivity index (χ2v) is 2.37. The minimum atomic E-state index is -0.378. The molecular formula is C7H8FNS. The molecule has 0 atom stereocenters. The second kappa shape index (κ2) is 3.56. The van der Waals surface area contributed by atoms with E-state index in [2.05, 4.69) is 17.6 Å². The molecule has 0 aliphatic heterocycles. The van der Waals surface area contributed by atoms with E-state index >= 15 is 0 Å². The first-order valence-corrected chi connectivity index (χ1v) is 3.68. The van der Waals surface area contributed by atoms with Gasteiger partial charge in [0.2, 0.25) is 5.95 Å². The molecule has 0 aliphatic rings. The third-order valence-corrected chi connectivity index (χ3v) is 1.44. The van der Waals surface area contributed by atoms with Crippen molar-refractivity contribution in [2.45, 2.75) is 6.42 Å². The maximum absolute atomic E-state index is 12.6. The molecule has 0 amide bonds. The number of aromatic nitrogens is 1. The van der Waals surface area contributed by atoms with Crippen LogP contribution in [0, 0.1) is 5.95 Å². The molecule has 1 nitrogen and oxygen atoms in total. The molecule has 0 unspecified atom stereocenters. The van der Waals surface area contributed by atoms with Crippen molar-refractivity contribution in [3.8, 4) is 0 Å². The van der Waals surface area contributed by atoms with Gasteiger partial charge in [-0.3, -0.25) is 0 Å². The minimum Gasteiger partial charge on any atom is -0.228 e. The summed E-state index contributed by atoms with van der Waals surface area (Å²) in [6.45, 7) is 0. The number of nitrogens with zero attached hydrogens (tertiary/aromatic N) is 1. The maximum atomic E-state index is 12.6. The van der Waals surface area contributed by atoms with Crippen LogP contribution in [0.5, 0.6) is 0 Å². The second-order valence-electron chi connectivity index (χ2n) is 1.93. The van der Waals surface area contributed by atoms with Crippen molar-refractivity contribution in [1.29, 1.82) is 0 Å². The standard InChI is InChI=1S/C7H8FNS/c8-7-6(3-5-10)2-1-4-9-7/h1-2,4,10H,3,5H2. The highest BCUT2D eigenvalue weighted by molar-refractivity contribution is 7.80. The molecule has 0 saturated carbocycles. The van der Waals surface area contributed by atoms with Gasteiger partial charge in [-0.25, -0.2) is 4.98 Å². The van der Waals surface area contributed by atoms with Gasteiger partial charge in [0.05, 0.1) is 0 Å². The predicted molar refractivity (Wildman–Crippen MR) is 41.8 cm³/mol. The normalized spacial score (nSPS) is 9.80. The smallest absolute Gasteiger partial charge is 0.216 e. The Morgan fingerprint density at radius 1 is 1.60 bits per heavy atom. The monoisotopic (exact) mass is 157 g/mol. The van der Waals surface area contributed by atoms with Crippen LogP contribution in [0.1, 0.15) is 5.56 Å². The Bertz CT molecular complexity index is 215. The Labute approximate surface area is 64.7 Å². The summed E-state index contributed by atoms with van der Waals surface area (Å²) in [5, 5.41) is 0. The summed E-state index contributed by atoms with van der Waals surface area (Å²) in [6.07, 6.45) is 2.08. The average Bonchev–Trinajstić information content (AvgIpc) is 1.94. The summed E-state index contributed by atoms with van der Waals surface area (Å²) in [7, 11) is 0. The number of hydrogen-bond acceptors (Lipinski definition) is 2. The fourth-order valence-corrected chi connectivity index (χ4v) is 0.967.